The molecule has 0 unspecified atom stereocenters. The van der Waals surface area contributed by atoms with Gasteiger partial charge in [-0.15, -0.1) is 0 Å². The number of fused-ring (bicyclic) bond motifs is 2. The zero-order chi connectivity index (χ0) is 26.2. The molecule has 3 N–H and O–H groups in total. The number of nitrogens with zero attached hydrogens (tertiary/aromatic N) is 5. The lowest BCUT2D eigenvalue weighted by Crippen LogP contribution is -2.14. The Kier molecular flexibility index (Phi) is 5.83. The van der Waals surface area contributed by atoms with Crippen LogP contribution in [0.5, 0.6) is 0 Å². The molecule has 1 amide bonds. The molecule has 0 fully saturated rings. The number of halogens is 1. The van der Waals surface area contributed by atoms with E-state index >= 15 is 4.39 Å². The zero-order valence-electron chi connectivity index (χ0n) is 20.7. The Bertz CT molecular complexity index is 1790. The summed E-state index contributed by atoms with van der Waals surface area (Å²) in [6, 6.07) is 11.3. The van der Waals surface area contributed by atoms with Gasteiger partial charge in [-0.3, -0.25) is 24.8 Å². The highest BCUT2D eigenvalue weighted by Crippen LogP contribution is 2.34. The Morgan fingerprint density at radius 3 is 2.66 bits per heavy atom. The molecular weight excluding hydrogens is 483 g/mol. The van der Waals surface area contributed by atoms with Crippen LogP contribution in [0, 0.1) is 11.7 Å². The quantitative estimate of drug-likeness (QED) is 0.264. The molecule has 0 saturated carbocycles. The molecule has 0 spiro atoms. The van der Waals surface area contributed by atoms with Gasteiger partial charge in [0, 0.05) is 36.1 Å². The molecule has 0 atom stereocenters. The first kappa shape index (κ1) is 23.4. The minimum Gasteiger partial charge on any atom is -0.337 e. The van der Waals surface area contributed by atoms with Crippen molar-refractivity contribution in [2.75, 3.05) is 5.32 Å². The SMILES string of the molecule is CC(C)CC(=O)Nc1cncc(-c2ncc3[nH]nc(-c4nc5c(-c6ccncc6)cccc5[nH]4)c3c2F)c1. The van der Waals surface area contributed by atoms with Gasteiger partial charge in [-0.2, -0.15) is 5.10 Å². The molecule has 9 nitrogen and oxygen atoms in total. The van der Waals surface area contributed by atoms with Gasteiger partial charge in [-0.05, 0) is 35.7 Å². The fourth-order valence-electron chi connectivity index (χ4n) is 4.48. The standard InChI is InChI=1S/C28H23FN8O/c1-15(2)10-22(38)33-18-11-17(12-31-13-18)25-24(29)23-21(14-32-25)36-37-27(23)28-34-20-5-3-4-19(26(20)35-28)16-6-8-30-9-7-16/h3-9,11-15H,10H2,1-2H3,(H,33,38)(H,34,35)(H,36,37). The van der Waals surface area contributed by atoms with Crippen LogP contribution in [0.25, 0.3) is 55.8 Å². The van der Waals surface area contributed by atoms with Gasteiger partial charge in [-0.1, -0.05) is 26.0 Å². The number of imidazole rings is 1. The van der Waals surface area contributed by atoms with E-state index in [-0.39, 0.29) is 22.9 Å². The van der Waals surface area contributed by atoms with Crippen molar-refractivity contribution in [2.24, 2.45) is 5.92 Å². The fourth-order valence-corrected chi connectivity index (χ4v) is 4.48. The second-order valence-corrected chi connectivity index (χ2v) is 9.41. The Hall–Kier alpha value is -4.99. The molecule has 1 aromatic carbocycles. The number of benzene rings is 1. The zero-order valence-corrected chi connectivity index (χ0v) is 20.7. The van der Waals surface area contributed by atoms with Gasteiger partial charge in [0.15, 0.2) is 11.6 Å². The summed E-state index contributed by atoms with van der Waals surface area (Å²) in [7, 11) is 0. The number of nitrogens with one attached hydrogen (secondary N) is 3. The normalized spacial score (nSPS) is 11.5. The van der Waals surface area contributed by atoms with Gasteiger partial charge < -0.3 is 10.3 Å². The van der Waals surface area contributed by atoms with Crippen LogP contribution in [-0.2, 0) is 4.79 Å². The summed E-state index contributed by atoms with van der Waals surface area (Å²) in [5.41, 5.74) is 5.23. The van der Waals surface area contributed by atoms with E-state index < -0.39 is 5.82 Å². The van der Waals surface area contributed by atoms with Crippen LogP contribution >= 0.6 is 0 Å². The number of hydrogen-bond acceptors (Lipinski definition) is 6. The largest absolute Gasteiger partial charge is 0.337 e. The molecule has 5 aromatic heterocycles. The second-order valence-electron chi connectivity index (χ2n) is 9.41. The van der Waals surface area contributed by atoms with Crippen molar-refractivity contribution >= 4 is 33.5 Å². The predicted molar refractivity (Wildman–Crippen MR) is 143 cm³/mol. The summed E-state index contributed by atoms with van der Waals surface area (Å²) in [4.78, 5) is 32.9. The highest BCUT2D eigenvalue weighted by Gasteiger charge is 2.21. The lowest BCUT2D eigenvalue weighted by atomic mass is 10.1. The van der Waals surface area contributed by atoms with E-state index in [4.69, 9.17) is 4.98 Å². The van der Waals surface area contributed by atoms with Gasteiger partial charge in [0.2, 0.25) is 5.91 Å². The molecule has 10 heteroatoms. The number of pyridine rings is 3. The number of aromatic nitrogens is 7. The van der Waals surface area contributed by atoms with Crippen LogP contribution < -0.4 is 5.32 Å². The van der Waals surface area contributed by atoms with Crippen LogP contribution in [0.4, 0.5) is 10.1 Å². The molecule has 6 rings (SSSR count). The van der Waals surface area contributed by atoms with E-state index in [9.17, 15) is 4.79 Å². The molecule has 188 valence electrons. The third-order valence-corrected chi connectivity index (χ3v) is 6.16. The Labute approximate surface area is 216 Å². The summed E-state index contributed by atoms with van der Waals surface area (Å²) < 4.78 is 16.0. The summed E-state index contributed by atoms with van der Waals surface area (Å²) in [6.45, 7) is 3.93. The molecule has 6 aromatic rings. The maximum absolute atomic E-state index is 16.0. The average molecular weight is 507 g/mol. The Morgan fingerprint density at radius 1 is 1.00 bits per heavy atom. The highest BCUT2D eigenvalue weighted by atomic mass is 19.1. The van der Waals surface area contributed by atoms with Gasteiger partial charge >= 0.3 is 0 Å². The third-order valence-electron chi connectivity index (χ3n) is 6.16. The van der Waals surface area contributed by atoms with Gasteiger partial charge in [0.05, 0.1) is 40.0 Å². The maximum Gasteiger partial charge on any atom is 0.224 e. The lowest BCUT2D eigenvalue weighted by molar-refractivity contribution is -0.116. The van der Waals surface area contributed by atoms with E-state index in [1.165, 1.54) is 18.6 Å². The van der Waals surface area contributed by atoms with Crippen LogP contribution in [-0.4, -0.2) is 41.0 Å². The van der Waals surface area contributed by atoms with Crippen molar-refractivity contribution in [1.82, 2.24) is 35.1 Å². The number of para-hydroxylation sites is 1. The first-order valence-electron chi connectivity index (χ1n) is 12.2. The third kappa shape index (κ3) is 4.26. The minimum absolute atomic E-state index is 0.0983. The molecule has 0 aliphatic carbocycles. The predicted octanol–water partition coefficient (Wildman–Crippen LogP) is 5.75. The van der Waals surface area contributed by atoms with Crippen molar-refractivity contribution in [3.05, 3.63) is 73.2 Å². The van der Waals surface area contributed by atoms with Crippen molar-refractivity contribution in [3.8, 4) is 33.9 Å². The van der Waals surface area contributed by atoms with E-state index in [2.05, 4.69) is 35.5 Å². The fraction of sp³-hybridized carbons (Fsp3) is 0.143. The smallest absolute Gasteiger partial charge is 0.224 e. The average Bonchev–Trinajstić information content (AvgIpc) is 3.54. The van der Waals surface area contributed by atoms with Gasteiger partial charge in [0.25, 0.3) is 0 Å². The number of carbonyl (C=O) groups is 1. The second kappa shape index (κ2) is 9.47. The van der Waals surface area contributed by atoms with E-state index in [1.807, 2.05) is 44.2 Å². The first-order chi connectivity index (χ1) is 18.5. The monoisotopic (exact) mass is 506 g/mol. The number of hydrogen-bond donors (Lipinski definition) is 3. The molecule has 38 heavy (non-hydrogen) atoms. The lowest BCUT2D eigenvalue weighted by Gasteiger charge is -2.09. The Morgan fingerprint density at radius 2 is 1.84 bits per heavy atom. The van der Waals surface area contributed by atoms with Crippen LogP contribution in [0.3, 0.4) is 0 Å². The number of anilines is 1. The number of carbonyl (C=O) groups excluding carboxylic acids is 1. The maximum atomic E-state index is 16.0. The molecule has 0 aliphatic heterocycles. The minimum atomic E-state index is -0.562. The number of aromatic amines is 2. The molecule has 0 aliphatic rings. The van der Waals surface area contributed by atoms with Crippen molar-refractivity contribution in [3.63, 3.8) is 0 Å². The highest BCUT2D eigenvalue weighted by molar-refractivity contribution is 5.98. The van der Waals surface area contributed by atoms with Crippen LogP contribution in [0.1, 0.15) is 20.3 Å². The van der Waals surface area contributed by atoms with Gasteiger partial charge in [0.1, 0.15) is 11.4 Å². The number of amides is 1. The van der Waals surface area contributed by atoms with Crippen molar-refractivity contribution < 1.29 is 9.18 Å². The molecular formula is C28H23FN8O. The van der Waals surface area contributed by atoms with E-state index in [1.54, 1.807) is 18.5 Å². The Balaban J connectivity index is 1.42. The molecule has 5 heterocycles. The van der Waals surface area contributed by atoms with E-state index in [0.717, 1.165) is 22.2 Å². The number of H-pyrrole nitrogens is 2. The van der Waals surface area contributed by atoms with Crippen LogP contribution in [0.2, 0.25) is 0 Å². The summed E-state index contributed by atoms with van der Waals surface area (Å²) >= 11 is 0. The topological polar surface area (TPSA) is 125 Å². The first-order valence-corrected chi connectivity index (χ1v) is 12.2. The molecule has 0 bridgehead atoms. The summed E-state index contributed by atoms with van der Waals surface area (Å²) in [5.74, 6) is -0.0488. The van der Waals surface area contributed by atoms with E-state index in [0.29, 0.717) is 34.7 Å². The van der Waals surface area contributed by atoms with Crippen LogP contribution in [0.15, 0.2) is 67.4 Å². The number of rotatable bonds is 6. The molecule has 0 saturated heterocycles. The summed E-state index contributed by atoms with van der Waals surface area (Å²) in [5, 5.41) is 10.3. The van der Waals surface area contributed by atoms with Crippen molar-refractivity contribution in [1.29, 1.82) is 0 Å². The summed E-state index contributed by atoms with van der Waals surface area (Å²) in [6.07, 6.45) is 8.40. The van der Waals surface area contributed by atoms with Crippen molar-refractivity contribution in [2.45, 2.75) is 20.3 Å². The van der Waals surface area contributed by atoms with Gasteiger partial charge in [-0.25, -0.2) is 9.37 Å². The molecule has 0 radical (unpaired) electrons.